The third-order valence-corrected chi connectivity index (χ3v) is 3.68. The number of hydrogen-bond acceptors (Lipinski definition) is 2. The van der Waals surface area contributed by atoms with E-state index in [2.05, 4.69) is 5.32 Å². The smallest absolute Gasteiger partial charge is 0.234 e. The molecular weight excluding hydrogens is 269 g/mol. The number of benzene rings is 1. The minimum atomic E-state index is -0.555. The highest BCUT2D eigenvalue weighted by Gasteiger charge is 2.30. The van der Waals surface area contributed by atoms with Gasteiger partial charge in [0, 0.05) is 11.4 Å². The first kappa shape index (κ1) is 14.0. The molecule has 1 fully saturated rings. The third-order valence-electron chi connectivity index (χ3n) is 3.35. The molecule has 1 heterocycles. The van der Waals surface area contributed by atoms with E-state index in [0.29, 0.717) is 22.6 Å². The van der Waals surface area contributed by atoms with Crippen LogP contribution in [0.2, 0.25) is 5.02 Å². The topological polar surface area (TPSA) is 46.2 Å². The maximum absolute atomic E-state index is 14.0. The van der Waals surface area contributed by atoms with Crippen LogP contribution in [0.15, 0.2) is 12.1 Å². The van der Waals surface area contributed by atoms with Gasteiger partial charge >= 0.3 is 0 Å². The summed E-state index contributed by atoms with van der Waals surface area (Å²) in [6.45, 7) is 3.75. The molecule has 2 amide bonds. The molecule has 0 aliphatic carbocycles. The van der Waals surface area contributed by atoms with Gasteiger partial charge in [-0.1, -0.05) is 25.4 Å². The average molecular weight is 284 g/mol. The number of halogens is 2. The van der Waals surface area contributed by atoms with Gasteiger partial charge in [0.2, 0.25) is 11.8 Å². The number of carbonyl (C=O) groups is 2. The largest absolute Gasteiger partial charge is 0.296 e. The second kappa shape index (κ2) is 5.29. The molecule has 102 valence electrons. The van der Waals surface area contributed by atoms with Crippen LogP contribution in [0, 0.1) is 5.82 Å². The van der Waals surface area contributed by atoms with Crippen molar-refractivity contribution in [1.29, 1.82) is 0 Å². The molecule has 1 aliphatic heterocycles. The monoisotopic (exact) mass is 283 g/mol. The van der Waals surface area contributed by atoms with Crippen LogP contribution in [0.4, 0.5) is 4.39 Å². The summed E-state index contributed by atoms with van der Waals surface area (Å²) < 4.78 is 14.0. The maximum Gasteiger partial charge on any atom is 0.234 e. The van der Waals surface area contributed by atoms with Crippen LogP contribution in [0.25, 0.3) is 0 Å². The zero-order chi connectivity index (χ0) is 14.2. The summed E-state index contributed by atoms with van der Waals surface area (Å²) in [4.78, 5) is 22.9. The molecular formula is C14H15ClFNO2. The number of carbonyl (C=O) groups excluding carboxylic acids is 2. The highest BCUT2D eigenvalue weighted by Crippen LogP contribution is 2.34. The summed E-state index contributed by atoms with van der Waals surface area (Å²) in [5.41, 5.74) is 0.981. The Hall–Kier alpha value is -1.42. The number of rotatable bonds is 2. The molecule has 1 unspecified atom stereocenters. The molecule has 1 saturated heterocycles. The van der Waals surface area contributed by atoms with Crippen molar-refractivity contribution in [2.24, 2.45) is 0 Å². The first-order chi connectivity index (χ1) is 8.90. The lowest BCUT2D eigenvalue weighted by atomic mass is 9.88. The summed E-state index contributed by atoms with van der Waals surface area (Å²) in [6.07, 6.45) is 0.616. The zero-order valence-electron chi connectivity index (χ0n) is 10.8. The molecule has 1 aromatic rings. The van der Waals surface area contributed by atoms with Gasteiger partial charge < -0.3 is 0 Å². The molecule has 0 saturated carbocycles. The maximum atomic E-state index is 14.0. The summed E-state index contributed by atoms with van der Waals surface area (Å²) >= 11 is 6.15. The Kier molecular flexibility index (Phi) is 3.90. The van der Waals surface area contributed by atoms with Gasteiger partial charge in [-0.15, -0.1) is 0 Å². The number of amides is 2. The van der Waals surface area contributed by atoms with E-state index in [1.807, 2.05) is 13.8 Å². The van der Waals surface area contributed by atoms with E-state index in [4.69, 9.17) is 11.6 Å². The van der Waals surface area contributed by atoms with Crippen molar-refractivity contribution in [3.8, 4) is 0 Å². The highest BCUT2D eigenvalue weighted by atomic mass is 35.5. The fraction of sp³-hybridized carbons (Fsp3) is 0.429. The highest BCUT2D eigenvalue weighted by molar-refractivity contribution is 6.31. The Morgan fingerprint density at radius 1 is 1.37 bits per heavy atom. The summed E-state index contributed by atoms with van der Waals surface area (Å²) in [6, 6.07) is 2.89. The van der Waals surface area contributed by atoms with Crippen molar-refractivity contribution in [2.45, 2.75) is 38.5 Å². The quantitative estimate of drug-likeness (QED) is 0.848. The van der Waals surface area contributed by atoms with Crippen LogP contribution in [-0.4, -0.2) is 11.8 Å². The molecule has 3 nitrogen and oxygen atoms in total. The molecule has 5 heteroatoms. The predicted octanol–water partition coefficient (Wildman–Crippen LogP) is 3.12. The Bertz CT molecular complexity index is 542. The van der Waals surface area contributed by atoms with Crippen molar-refractivity contribution in [3.63, 3.8) is 0 Å². The standard InChI is InChI=1S/C14H15ClFNO2/c1-7(2)9-5-11(15)10(6-12(9)16)8-3-4-13(18)17-14(8)19/h5-8H,3-4H2,1-2H3,(H,17,18,19). The lowest BCUT2D eigenvalue weighted by Crippen LogP contribution is -2.39. The van der Waals surface area contributed by atoms with Crippen molar-refractivity contribution in [3.05, 3.63) is 34.1 Å². The van der Waals surface area contributed by atoms with Crippen LogP contribution < -0.4 is 5.32 Å². The van der Waals surface area contributed by atoms with E-state index >= 15 is 0 Å². The van der Waals surface area contributed by atoms with Crippen molar-refractivity contribution in [1.82, 2.24) is 5.32 Å². The number of piperidine rings is 1. The SMILES string of the molecule is CC(C)c1cc(Cl)c(C2CCC(=O)NC2=O)cc1F. The fourth-order valence-electron chi connectivity index (χ4n) is 2.28. The second-order valence-corrected chi connectivity index (χ2v) is 5.46. The summed E-state index contributed by atoms with van der Waals surface area (Å²) in [5, 5.41) is 2.63. The van der Waals surface area contributed by atoms with Gasteiger partial charge in [-0.25, -0.2) is 4.39 Å². The molecule has 0 bridgehead atoms. The zero-order valence-corrected chi connectivity index (χ0v) is 11.6. The van der Waals surface area contributed by atoms with Gasteiger partial charge in [0.15, 0.2) is 0 Å². The Morgan fingerprint density at radius 3 is 2.63 bits per heavy atom. The fourth-order valence-corrected chi connectivity index (χ4v) is 2.58. The summed E-state index contributed by atoms with van der Waals surface area (Å²) in [5.74, 6) is -1.60. The van der Waals surface area contributed by atoms with Gasteiger partial charge in [-0.2, -0.15) is 0 Å². The van der Waals surface area contributed by atoms with Gasteiger partial charge in [0.25, 0.3) is 0 Å². The van der Waals surface area contributed by atoms with Crippen LogP contribution in [0.3, 0.4) is 0 Å². The van der Waals surface area contributed by atoms with Gasteiger partial charge in [-0.05, 0) is 35.6 Å². The molecule has 19 heavy (non-hydrogen) atoms. The molecule has 0 radical (unpaired) electrons. The first-order valence-electron chi connectivity index (χ1n) is 6.22. The molecule has 1 N–H and O–H groups in total. The Morgan fingerprint density at radius 2 is 2.05 bits per heavy atom. The third kappa shape index (κ3) is 2.78. The molecule has 1 atom stereocenters. The second-order valence-electron chi connectivity index (χ2n) is 5.05. The van der Waals surface area contributed by atoms with Crippen LogP contribution >= 0.6 is 11.6 Å². The van der Waals surface area contributed by atoms with Gasteiger partial charge in [-0.3, -0.25) is 14.9 Å². The number of nitrogens with one attached hydrogen (secondary N) is 1. The predicted molar refractivity (Wildman–Crippen MR) is 70.6 cm³/mol. The van der Waals surface area contributed by atoms with E-state index < -0.39 is 11.8 Å². The molecule has 1 aromatic carbocycles. The minimum absolute atomic E-state index is 0.0216. The number of imide groups is 1. The van der Waals surface area contributed by atoms with Crippen molar-refractivity contribution >= 4 is 23.4 Å². The number of hydrogen-bond donors (Lipinski definition) is 1. The summed E-state index contributed by atoms with van der Waals surface area (Å²) in [7, 11) is 0. The van der Waals surface area contributed by atoms with Gasteiger partial charge in [0.1, 0.15) is 5.82 Å². The first-order valence-corrected chi connectivity index (χ1v) is 6.60. The van der Waals surface area contributed by atoms with E-state index in [-0.39, 0.29) is 24.1 Å². The lowest BCUT2D eigenvalue weighted by Gasteiger charge is -2.23. The van der Waals surface area contributed by atoms with Crippen LogP contribution in [0.5, 0.6) is 0 Å². The van der Waals surface area contributed by atoms with Crippen molar-refractivity contribution in [2.75, 3.05) is 0 Å². The Balaban J connectivity index is 2.38. The Labute approximate surface area is 116 Å². The van der Waals surface area contributed by atoms with Crippen LogP contribution in [0.1, 0.15) is 49.7 Å². The van der Waals surface area contributed by atoms with E-state index in [0.717, 1.165) is 0 Å². The van der Waals surface area contributed by atoms with Gasteiger partial charge in [0.05, 0.1) is 5.92 Å². The van der Waals surface area contributed by atoms with E-state index in [1.54, 1.807) is 6.07 Å². The molecule has 0 spiro atoms. The van der Waals surface area contributed by atoms with Crippen LogP contribution in [-0.2, 0) is 9.59 Å². The molecule has 1 aliphatic rings. The minimum Gasteiger partial charge on any atom is -0.296 e. The molecule has 0 aromatic heterocycles. The van der Waals surface area contributed by atoms with E-state index in [9.17, 15) is 14.0 Å². The van der Waals surface area contributed by atoms with E-state index in [1.165, 1.54) is 6.07 Å². The lowest BCUT2D eigenvalue weighted by molar-refractivity contribution is -0.134. The van der Waals surface area contributed by atoms with Crippen molar-refractivity contribution < 1.29 is 14.0 Å². The average Bonchev–Trinajstić information content (AvgIpc) is 2.32. The normalized spacial score (nSPS) is 19.7. The molecule has 2 rings (SSSR count).